The summed E-state index contributed by atoms with van der Waals surface area (Å²) in [5.41, 5.74) is 1.37. The number of pyridine rings is 1. The summed E-state index contributed by atoms with van der Waals surface area (Å²) in [4.78, 5) is 52.0. The zero-order valence-corrected chi connectivity index (χ0v) is 23.2. The number of halogens is 1. The second-order valence-corrected chi connectivity index (χ2v) is 10.9. The molecular weight excluding hydrogens is 595 g/mol. The Bertz CT molecular complexity index is 1150. The quantitative estimate of drug-likeness (QED) is 0.111. The Balaban J connectivity index is 0.00000361. The highest BCUT2D eigenvalue weighted by molar-refractivity contribution is 8.01. The van der Waals surface area contributed by atoms with E-state index < -0.39 is 22.8 Å². The molecule has 4 rings (SSSR count). The molecule has 2 aliphatic heterocycles. The summed E-state index contributed by atoms with van der Waals surface area (Å²) in [5, 5.41) is 5.21. The van der Waals surface area contributed by atoms with Crippen molar-refractivity contribution >= 4 is 35.5 Å². The van der Waals surface area contributed by atoms with Gasteiger partial charge >= 0.3 is 5.97 Å². The topological polar surface area (TPSA) is 109 Å². The van der Waals surface area contributed by atoms with Crippen molar-refractivity contribution in [1.82, 2.24) is 15.5 Å². The molecule has 3 amide bonds. The molecule has 192 valence electrons. The average molecular weight is 625 g/mol. The molecule has 3 heterocycles. The predicted molar refractivity (Wildman–Crippen MR) is 129 cm³/mol. The Morgan fingerprint density at radius 1 is 1.14 bits per heavy atom. The lowest BCUT2D eigenvalue weighted by Gasteiger charge is -2.44. The number of aromatic nitrogens is 1. The van der Waals surface area contributed by atoms with E-state index in [0.717, 1.165) is 5.56 Å². The van der Waals surface area contributed by atoms with Crippen LogP contribution in [-0.4, -0.2) is 63.9 Å². The molecule has 0 saturated carbocycles. The van der Waals surface area contributed by atoms with Crippen LogP contribution in [-0.2, 0) is 32.6 Å². The minimum absolute atomic E-state index is 0. The minimum atomic E-state index is -0.767. The second kappa shape index (κ2) is 11.6. The van der Waals surface area contributed by atoms with Gasteiger partial charge in [0.15, 0.2) is 12.4 Å². The number of rotatable bonds is 8. The first-order valence-corrected chi connectivity index (χ1v) is 12.3. The summed E-state index contributed by atoms with van der Waals surface area (Å²) in [6.07, 6.45) is 3.71. The number of aryl methyl sites for hydroxylation is 1. The highest BCUT2D eigenvalue weighted by Gasteiger charge is 2.64. The Labute approximate surface area is 231 Å². The van der Waals surface area contributed by atoms with E-state index in [1.54, 1.807) is 22.9 Å². The van der Waals surface area contributed by atoms with E-state index in [-0.39, 0.29) is 66.6 Å². The Hall–Kier alpha value is -2.67. The van der Waals surface area contributed by atoms with Crippen LogP contribution in [0.5, 0.6) is 0 Å². The van der Waals surface area contributed by atoms with Crippen LogP contribution in [0.2, 0.25) is 0 Å². The van der Waals surface area contributed by atoms with Crippen molar-refractivity contribution in [2.45, 2.75) is 42.5 Å². The molecule has 0 radical (unpaired) electrons. The fourth-order valence-electron chi connectivity index (χ4n) is 4.35. The average Bonchev–Trinajstić information content (AvgIpc) is 3.08. The molecule has 3 unspecified atom stereocenters. The van der Waals surface area contributed by atoms with Crippen LogP contribution in [0.4, 0.5) is 0 Å². The van der Waals surface area contributed by atoms with Crippen molar-refractivity contribution < 1.29 is 52.5 Å². The lowest BCUT2D eigenvalue weighted by atomic mass is 9.96. The number of carbonyl (C=O) groups excluding carboxylic acids is 4. The van der Waals surface area contributed by atoms with Crippen LogP contribution < -0.4 is 39.2 Å². The van der Waals surface area contributed by atoms with Gasteiger partial charge in [-0.1, -0.05) is 30.3 Å². The van der Waals surface area contributed by atoms with Gasteiger partial charge in [0.1, 0.15) is 36.7 Å². The normalized spacial score (nSPS) is 21.5. The van der Waals surface area contributed by atoms with Crippen molar-refractivity contribution in [3.05, 3.63) is 66.0 Å². The first kappa shape index (κ1) is 27.9. The molecule has 3 atom stereocenters. The highest BCUT2D eigenvalue weighted by atomic mass is 127. The van der Waals surface area contributed by atoms with Crippen molar-refractivity contribution in [1.29, 1.82) is 0 Å². The number of hydrogen-bond acceptors (Lipinski definition) is 6. The van der Waals surface area contributed by atoms with E-state index in [9.17, 15) is 19.2 Å². The molecule has 0 bridgehead atoms. The smallest absolute Gasteiger partial charge is 0.330 e. The molecule has 0 aliphatic carbocycles. The highest BCUT2D eigenvalue weighted by Crippen LogP contribution is 2.51. The van der Waals surface area contributed by atoms with Crippen molar-refractivity contribution in [3.8, 4) is 0 Å². The molecule has 1 aromatic carbocycles. The van der Waals surface area contributed by atoms with E-state index in [1.165, 1.54) is 16.7 Å². The van der Waals surface area contributed by atoms with E-state index >= 15 is 0 Å². The number of β-lactam (4-membered cyclic amide) rings is 1. The third-order valence-corrected chi connectivity index (χ3v) is 7.59. The fraction of sp³-hybridized carbons (Fsp3) is 0.400. The summed E-state index contributed by atoms with van der Waals surface area (Å²) < 4.78 is 6.60. The standard InChI is InChI=1S/C25H28N4O5S.HI/c1-25(2)20(24(33)34-13-11-26-21(31)17-10-7-12-28(3)15-17)29-22(32)19(23(29)35-25)27-18(30)14-16-8-5-4-6-9-16;/h4-10,12,15,19-20,23H,11,13-14H2,1-3H3,(H-,26,27,30,31);1H. The molecular formula is C25H29IN4O5S. The Morgan fingerprint density at radius 2 is 1.86 bits per heavy atom. The maximum Gasteiger partial charge on any atom is 0.330 e. The third-order valence-electron chi connectivity index (χ3n) is 6.02. The molecule has 2 fully saturated rings. The molecule has 11 heteroatoms. The lowest BCUT2D eigenvalue weighted by molar-refractivity contribution is -0.671. The first-order valence-electron chi connectivity index (χ1n) is 11.4. The van der Waals surface area contributed by atoms with Gasteiger partial charge < -0.3 is 44.2 Å². The van der Waals surface area contributed by atoms with E-state index in [4.69, 9.17) is 4.74 Å². The number of carbonyl (C=O) groups is 4. The number of esters is 1. The largest absolute Gasteiger partial charge is 1.00 e. The lowest BCUT2D eigenvalue weighted by Crippen LogP contribution is -3.00. The number of fused-ring (bicyclic) bond motifs is 1. The van der Waals surface area contributed by atoms with E-state index in [2.05, 4.69) is 10.6 Å². The molecule has 2 aromatic rings. The maximum atomic E-state index is 12.9. The van der Waals surface area contributed by atoms with Crippen LogP contribution in [0.15, 0.2) is 54.9 Å². The third kappa shape index (κ3) is 6.00. The van der Waals surface area contributed by atoms with Gasteiger partial charge in [-0.05, 0) is 25.5 Å². The van der Waals surface area contributed by atoms with Gasteiger partial charge in [-0.3, -0.25) is 14.4 Å². The monoisotopic (exact) mass is 624 g/mol. The SMILES string of the molecule is C[n+]1cccc(C(=O)NCCOC(=O)C2N3C(=O)C(NC(=O)Cc4ccccc4)C3SC2(C)C)c1.[I-]. The summed E-state index contributed by atoms with van der Waals surface area (Å²) in [7, 11) is 1.82. The number of nitrogens with zero attached hydrogens (tertiary/aromatic N) is 2. The van der Waals surface area contributed by atoms with Crippen LogP contribution >= 0.6 is 11.8 Å². The molecule has 9 nitrogen and oxygen atoms in total. The van der Waals surface area contributed by atoms with Gasteiger partial charge in [-0.2, -0.15) is 0 Å². The fourth-order valence-corrected chi connectivity index (χ4v) is 5.97. The van der Waals surface area contributed by atoms with Gasteiger partial charge in [-0.25, -0.2) is 9.36 Å². The Kier molecular flexibility index (Phi) is 8.98. The number of thioether (sulfide) groups is 1. The summed E-state index contributed by atoms with van der Waals surface area (Å²) in [6.45, 7) is 3.91. The molecule has 2 N–H and O–H groups in total. The molecule has 2 aliphatic rings. The van der Waals surface area contributed by atoms with Crippen LogP contribution in [0.3, 0.4) is 0 Å². The van der Waals surface area contributed by atoms with Gasteiger partial charge in [0, 0.05) is 10.8 Å². The maximum absolute atomic E-state index is 12.9. The van der Waals surface area contributed by atoms with Crippen molar-refractivity contribution in [2.75, 3.05) is 13.2 Å². The summed E-state index contributed by atoms with van der Waals surface area (Å²) >= 11 is 1.47. The zero-order valence-electron chi connectivity index (χ0n) is 20.3. The van der Waals surface area contributed by atoms with Crippen LogP contribution in [0.25, 0.3) is 0 Å². The van der Waals surface area contributed by atoms with Crippen molar-refractivity contribution in [3.63, 3.8) is 0 Å². The first-order chi connectivity index (χ1) is 16.7. The molecule has 0 spiro atoms. The van der Waals surface area contributed by atoms with E-state index in [0.29, 0.717) is 5.56 Å². The minimum Gasteiger partial charge on any atom is -1.00 e. The molecule has 2 saturated heterocycles. The van der Waals surface area contributed by atoms with Gasteiger partial charge in [0.05, 0.1) is 13.0 Å². The summed E-state index contributed by atoms with van der Waals surface area (Å²) in [5.74, 6) is -1.31. The number of hydrogen-bond donors (Lipinski definition) is 2. The van der Waals surface area contributed by atoms with Crippen LogP contribution in [0, 0.1) is 0 Å². The number of benzene rings is 1. The van der Waals surface area contributed by atoms with Gasteiger partial charge in [-0.15, -0.1) is 11.8 Å². The van der Waals surface area contributed by atoms with E-state index in [1.807, 2.05) is 57.4 Å². The number of nitrogens with one attached hydrogen (secondary N) is 2. The number of amides is 3. The predicted octanol–water partition coefficient (Wildman–Crippen LogP) is -2.42. The molecule has 1 aromatic heterocycles. The van der Waals surface area contributed by atoms with Crippen LogP contribution in [0.1, 0.15) is 29.8 Å². The summed E-state index contributed by atoms with van der Waals surface area (Å²) in [6, 6.07) is 11.3. The Morgan fingerprint density at radius 3 is 2.56 bits per heavy atom. The van der Waals surface area contributed by atoms with Gasteiger partial charge in [0.2, 0.25) is 11.8 Å². The van der Waals surface area contributed by atoms with Crippen molar-refractivity contribution in [2.24, 2.45) is 7.05 Å². The zero-order chi connectivity index (χ0) is 25.2. The second-order valence-electron chi connectivity index (χ2n) is 9.15. The molecule has 36 heavy (non-hydrogen) atoms. The van der Waals surface area contributed by atoms with Gasteiger partial charge in [0.25, 0.3) is 5.91 Å². The number of ether oxygens (including phenoxy) is 1.